The highest BCUT2D eigenvalue weighted by Gasteiger charge is 2.55. The molecule has 1 aliphatic carbocycles. The Labute approximate surface area is 144 Å². The zero-order valence-electron chi connectivity index (χ0n) is 14.2. The second-order valence-corrected chi connectivity index (χ2v) is 6.27. The van der Waals surface area contributed by atoms with Gasteiger partial charge in [0.2, 0.25) is 0 Å². The lowest BCUT2D eigenvalue weighted by atomic mass is 9.91. The molecule has 0 saturated carbocycles. The van der Waals surface area contributed by atoms with Crippen LogP contribution >= 0.6 is 0 Å². The summed E-state index contributed by atoms with van der Waals surface area (Å²) in [7, 11) is 1.59. The second kappa shape index (κ2) is 5.58. The Hall–Kier alpha value is -2.90. The summed E-state index contributed by atoms with van der Waals surface area (Å²) in [5.74, 6) is 0.432. The molecule has 0 unspecified atom stereocenters. The number of carbonyl (C=O) groups excluding carboxylic acids is 2. The van der Waals surface area contributed by atoms with Crippen LogP contribution in [-0.4, -0.2) is 38.9 Å². The summed E-state index contributed by atoms with van der Waals surface area (Å²) in [6, 6.07) is 5.28. The van der Waals surface area contributed by atoms with Gasteiger partial charge in [-0.15, -0.1) is 0 Å². The van der Waals surface area contributed by atoms with Gasteiger partial charge in [-0.05, 0) is 43.0 Å². The molecule has 1 aromatic carbocycles. The Morgan fingerprint density at radius 3 is 2.92 bits per heavy atom. The molecule has 2 heterocycles. The number of carbonyl (C=O) groups is 2. The Kier molecular flexibility index (Phi) is 3.48. The summed E-state index contributed by atoms with van der Waals surface area (Å²) in [4.78, 5) is 28.4. The van der Waals surface area contributed by atoms with Crippen molar-refractivity contribution in [2.75, 3.05) is 7.11 Å². The van der Waals surface area contributed by atoms with E-state index in [1.807, 2.05) is 25.1 Å². The number of fused-ring (bicyclic) bond motifs is 2. The van der Waals surface area contributed by atoms with Gasteiger partial charge < -0.3 is 10.1 Å². The van der Waals surface area contributed by atoms with Crippen LogP contribution in [0.4, 0.5) is 4.79 Å². The van der Waals surface area contributed by atoms with Gasteiger partial charge in [-0.2, -0.15) is 15.0 Å². The molecule has 1 fully saturated rings. The molecule has 0 radical (unpaired) electrons. The quantitative estimate of drug-likeness (QED) is 0.844. The maximum absolute atomic E-state index is 13.1. The Morgan fingerprint density at radius 1 is 1.36 bits per heavy atom. The van der Waals surface area contributed by atoms with Crippen LogP contribution in [0.3, 0.4) is 0 Å². The van der Waals surface area contributed by atoms with Gasteiger partial charge in [-0.3, -0.25) is 9.69 Å². The van der Waals surface area contributed by atoms with Gasteiger partial charge >= 0.3 is 6.03 Å². The lowest BCUT2D eigenvalue weighted by Gasteiger charge is -2.22. The highest BCUT2D eigenvalue weighted by molar-refractivity contribution is 6.08. The summed E-state index contributed by atoms with van der Waals surface area (Å²) in [5, 5.41) is 11.3. The maximum atomic E-state index is 13.1. The molecule has 1 aliphatic heterocycles. The van der Waals surface area contributed by atoms with Crippen molar-refractivity contribution in [1.82, 2.24) is 25.2 Å². The van der Waals surface area contributed by atoms with Crippen molar-refractivity contribution in [2.24, 2.45) is 0 Å². The SMILES string of the molecule is CCn1ncc(CN2C(=O)N[C@@]3(CCc4ccc(OC)cc43)C2=O)n1. The average Bonchev–Trinajstić information content (AvgIpc) is 3.29. The summed E-state index contributed by atoms with van der Waals surface area (Å²) in [6.45, 7) is 2.68. The van der Waals surface area contributed by atoms with E-state index in [1.54, 1.807) is 13.3 Å². The molecule has 1 N–H and O–H groups in total. The molecule has 8 nitrogen and oxygen atoms in total. The first-order valence-corrected chi connectivity index (χ1v) is 8.28. The zero-order valence-corrected chi connectivity index (χ0v) is 14.2. The van der Waals surface area contributed by atoms with Crippen LogP contribution in [0.5, 0.6) is 5.75 Å². The number of nitrogens with one attached hydrogen (secondary N) is 1. The summed E-state index contributed by atoms with van der Waals surface area (Å²) in [5.41, 5.74) is 1.48. The van der Waals surface area contributed by atoms with Gasteiger partial charge in [-0.25, -0.2) is 4.79 Å². The standard InChI is InChI=1S/C17H19N5O3/c1-3-22-18-9-12(20-22)10-21-15(23)17(19-16(21)24)7-6-11-4-5-13(25-2)8-14(11)17/h4-5,8-9H,3,6-7,10H2,1-2H3,(H,19,24)/t17-/m1/s1. The number of urea groups is 1. The minimum Gasteiger partial charge on any atom is -0.497 e. The van der Waals surface area contributed by atoms with E-state index < -0.39 is 11.6 Å². The molecule has 1 spiro atoms. The number of hydrogen-bond acceptors (Lipinski definition) is 5. The lowest BCUT2D eigenvalue weighted by molar-refractivity contribution is -0.132. The van der Waals surface area contributed by atoms with E-state index in [-0.39, 0.29) is 12.5 Å². The maximum Gasteiger partial charge on any atom is 0.325 e. The number of benzene rings is 1. The molecule has 3 amide bonds. The molecule has 130 valence electrons. The molecular weight excluding hydrogens is 322 g/mol. The highest BCUT2D eigenvalue weighted by Crippen LogP contribution is 2.43. The predicted molar refractivity (Wildman–Crippen MR) is 87.8 cm³/mol. The average molecular weight is 341 g/mol. The van der Waals surface area contributed by atoms with Crippen LogP contribution in [0.2, 0.25) is 0 Å². The van der Waals surface area contributed by atoms with Gasteiger partial charge in [0.15, 0.2) is 0 Å². The van der Waals surface area contributed by atoms with E-state index in [0.717, 1.165) is 17.5 Å². The van der Waals surface area contributed by atoms with E-state index in [1.165, 1.54) is 9.70 Å². The van der Waals surface area contributed by atoms with Crippen LogP contribution < -0.4 is 10.1 Å². The fourth-order valence-electron chi connectivity index (χ4n) is 3.60. The summed E-state index contributed by atoms with van der Waals surface area (Å²) < 4.78 is 5.28. The molecule has 1 atom stereocenters. The molecule has 0 bridgehead atoms. The molecule has 8 heteroatoms. The Morgan fingerprint density at radius 2 is 2.20 bits per heavy atom. The largest absolute Gasteiger partial charge is 0.497 e. The topological polar surface area (TPSA) is 89.4 Å². The van der Waals surface area contributed by atoms with E-state index in [0.29, 0.717) is 24.4 Å². The van der Waals surface area contributed by atoms with Crippen LogP contribution in [-0.2, 0) is 29.8 Å². The highest BCUT2D eigenvalue weighted by atomic mass is 16.5. The molecular formula is C17H19N5O3. The normalized spacial score (nSPS) is 21.8. The number of amides is 3. The molecule has 4 rings (SSSR count). The van der Waals surface area contributed by atoms with Crippen molar-refractivity contribution < 1.29 is 14.3 Å². The van der Waals surface area contributed by atoms with Crippen molar-refractivity contribution >= 4 is 11.9 Å². The van der Waals surface area contributed by atoms with Crippen molar-refractivity contribution in [3.8, 4) is 5.75 Å². The second-order valence-electron chi connectivity index (χ2n) is 6.27. The number of nitrogens with zero attached hydrogens (tertiary/aromatic N) is 4. The van der Waals surface area contributed by atoms with E-state index in [4.69, 9.17) is 4.74 Å². The minimum absolute atomic E-state index is 0.117. The molecule has 1 saturated heterocycles. The van der Waals surface area contributed by atoms with Gasteiger partial charge in [0, 0.05) is 0 Å². The van der Waals surface area contributed by atoms with Gasteiger partial charge in [0.1, 0.15) is 17.0 Å². The van der Waals surface area contributed by atoms with Crippen LogP contribution in [0.15, 0.2) is 24.4 Å². The Bertz CT molecular complexity index is 862. The molecule has 1 aromatic heterocycles. The smallest absolute Gasteiger partial charge is 0.325 e. The summed E-state index contributed by atoms with van der Waals surface area (Å²) in [6.07, 6.45) is 2.88. The number of imide groups is 1. The Balaban J connectivity index is 1.66. The van der Waals surface area contributed by atoms with Crippen molar-refractivity contribution in [3.05, 3.63) is 41.2 Å². The van der Waals surface area contributed by atoms with Gasteiger partial charge in [0.05, 0.1) is 26.4 Å². The van der Waals surface area contributed by atoms with E-state index in [9.17, 15) is 9.59 Å². The zero-order chi connectivity index (χ0) is 17.6. The molecule has 25 heavy (non-hydrogen) atoms. The number of ether oxygens (including phenoxy) is 1. The third-order valence-electron chi connectivity index (χ3n) is 4.91. The first-order chi connectivity index (χ1) is 12.1. The molecule has 2 aromatic rings. The van der Waals surface area contributed by atoms with Gasteiger partial charge in [0.25, 0.3) is 5.91 Å². The third-order valence-corrected chi connectivity index (χ3v) is 4.91. The van der Waals surface area contributed by atoms with Crippen LogP contribution in [0.1, 0.15) is 30.2 Å². The number of hydrogen-bond donors (Lipinski definition) is 1. The van der Waals surface area contributed by atoms with Crippen LogP contribution in [0, 0.1) is 0 Å². The summed E-state index contributed by atoms with van der Waals surface area (Å²) >= 11 is 0. The fourth-order valence-corrected chi connectivity index (χ4v) is 3.60. The van der Waals surface area contributed by atoms with E-state index >= 15 is 0 Å². The number of aromatic nitrogens is 3. The van der Waals surface area contributed by atoms with Gasteiger partial charge in [-0.1, -0.05) is 6.07 Å². The monoisotopic (exact) mass is 341 g/mol. The number of aryl methyl sites for hydroxylation is 2. The molecule has 2 aliphatic rings. The first kappa shape index (κ1) is 15.6. The predicted octanol–water partition coefficient (Wildman–Crippen LogP) is 1.20. The third kappa shape index (κ3) is 2.28. The minimum atomic E-state index is -0.998. The lowest BCUT2D eigenvalue weighted by Crippen LogP contribution is -2.41. The first-order valence-electron chi connectivity index (χ1n) is 8.28. The fraction of sp³-hybridized carbons (Fsp3) is 0.412. The van der Waals surface area contributed by atoms with Crippen LogP contribution in [0.25, 0.3) is 0 Å². The number of methoxy groups -OCH3 is 1. The van der Waals surface area contributed by atoms with E-state index in [2.05, 4.69) is 15.5 Å². The van der Waals surface area contributed by atoms with Crippen molar-refractivity contribution in [2.45, 2.75) is 38.4 Å². The van der Waals surface area contributed by atoms with Crippen molar-refractivity contribution in [1.29, 1.82) is 0 Å². The van der Waals surface area contributed by atoms with Crippen molar-refractivity contribution in [3.63, 3.8) is 0 Å². The number of rotatable bonds is 4.